The van der Waals surface area contributed by atoms with E-state index in [9.17, 15) is 9.90 Å². The minimum atomic E-state index is -0.704. The quantitative estimate of drug-likeness (QED) is 0.886. The van der Waals surface area contributed by atoms with E-state index < -0.39 is 11.4 Å². The number of aliphatic carboxylic acids is 1. The summed E-state index contributed by atoms with van der Waals surface area (Å²) in [6, 6.07) is 7.64. The summed E-state index contributed by atoms with van der Waals surface area (Å²) in [5.41, 5.74) is -0.601. The highest BCUT2D eigenvalue weighted by Gasteiger charge is 2.52. The molecule has 1 aliphatic carbocycles. The second-order valence-electron chi connectivity index (χ2n) is 4.18. The van der Waals surface area contributed by atoms with E-state index in [1.807, 2.05) is 24.3 Å². The molecule has 0 atom stereocenters. The van der Waals surface area contributed by atoms with Gasteiger partial charge >= 0.3 is 5.97 Å². The van der Waals surface area contributed by atoms with Crippen molar-refractivity contribution in [1.82, 2.24) is 0 Å². The number of hydrogen-bond acceptors (Lipinski definition) is 2. The van der Waals surface area contributed by atoms with Crippen LogP contribution in [-0.2, 0) is 10.2 Å². The second kappa shape index (κ2) is 3.22. The Morgan fingerprint density at radius 3 is 2.75 bits per heavy atom. The van der Waals surface area contributed by atoms with Crippen LogP contribution in [0.2, 0.25) is 5.02 Å². The molecule has 2 nitrogen and oxygen atoms in total. The molecule has 0 spiro atoms. The topological polar surface area (TPSA) is 37.3 Å². The molecular formula is C12H9ClO2S. The summed E-state index contributed by atoms with van der Waals surface area (Å²) >= 11 is 7.47. The van der Waals surface area contributed by atoms with Gasteiger partial charge in [0.2, 0.25) is 0 Å². The van der Waals surface area contributed by atoms with Crippen LogP contribution in [0.4, 0.5) is 0 Å². The van der Waals surface area contributed by atoms with Crippen molar-refractivity contribution in [3.63, 3.8) is 0 Å². The van der Waals surface area contributed by atoms with Gasteiger partial charge in [0.15, 0.2) is 0 Å². The summed E-state index contributed by atoms with van der Waals surface area (Å²) < 4.78 is 1.10. The van der Waals surface area contributed by atoms with Crippen molar-refractivity contribution in [2.45, 2.75) is 18.3 Å². The Hall–Kier alpha value is -1.06. The minimum absolute atomic E-state index is 0.601. The molecular weight excluding hydrogens is 244 g/mol. The third kappa shape index (κ3) is 1.35. The van der Waals surface area contributed by atoms with Crippen molar-refractivity contribution in [2.75, 3.05) is 0 Å². The number of carboxylic acid groups (broad SMARTS) is 1. The Kier molecular flexibility index (Phi) is 2.03. The first kappa shape index (κ1) is 10.1. The summed E-state index contributed by atoms with van der Waals surface area (Å²) in [4.78, 5) is 12.2. The molecule has 0 bridgehead atoms. The van der Waals surface area contributed by atoms with E-state index in [0.717, 1.165) is 27.8 Å². The van der Waals surface area contributed by atoms with Crippen LogP contribution in [-0.4, -0.2) is 11.1 Å². The molecule has 4 heteroatoms. The second-order valence-corrected chi connectivity index (χ2v) is 5.70. The number of fused-ring (bicyclic) bond motifs is 1. The van der Waals surface area contributed by atoms with Crippen LogP contribution in [0.15, 0.2) is 24.3 Å². The maximum atomic E-state index is 11.2. The van der Waals surface area contributed by atoms with Crippen molar-refractivity contribution in [2.24, 2.45) is 0 Å². The van der Waals surface area contributed by atoms with Crippen molar-refractivity contribution < 1.29 is 9.90 Å². The molecule has 1 heterocycles. The number of carbonyl (C=O) groups is 1. The lowest BCUT2D eigenvalue weighted by Gasteiger charge is -2.04. The molecule has 3 rings (SSSR count). The molecule has 1 saturated carbocycles. The molecule has 1 aliphatic rings. The van der Waals surface area contributed by atoms with Crippen LogP contribution < -0.4 is 0 Å². The van der Waals surface area contributed by atoms with Gasteiger partial charge in [0.05, 0.1) is 0 Å². The van der Waals surface area contributed by atoms with Crippen molar-refractivity contribution in [3.8, 4) is 0 Å². The van der Waals surface area contributed by atoms with E-state index in [1.165, 1.54) is 0 Å². The Bertz CT molecular complexity index is 584. The zero-order valence-electron chi connectivity index (χ0n) is 8.37. The number of thiophene rings is 1. The normalized spacial score (nSPS) is 17.6. The lowest BCUT2D eigenvalue weighted by Crippen LogP contribution is -2.17. The number of carboxylic acids is 1. The predicted molar refractivity (Wildman–Crippen MR) is 65.4 cm³/mol. The van der Waals surface area contributed by atoms with Gasteiger partial charge in [-0.05, 0) is 42.5 Å². The van der Waals surface area contributed by atoms with Gasteiger partial charge in [-0.1, -0.05) is 11.6 Å². The van der Waals surface area contributed by atoms with Gasteiger partial charge in [0.25, 0.3) is 0 Å². The Morgan fingerprint density at radius 1 is 1.38 bits per heavy atom. The summed E-state index contributed by atoms with van der Waals surface area (Å²) in [6.07, 6.45) is 1.51. The molecule has 1 fully saturated rings. The highest BCUT2D eigenvalue weighted by atomic mass is 35.5. The van der Waals surface area contributed by atoms with E-state index in [4.69, 9.17) is 11.6 Å². The van der Waals surface area contributed by atoms with Crippen molar-refractivity contribution >= 4 is 39.0 Å². The maximum absolute atomic E-state index is 11.2. The van der Waals surface area contributed by atoms with E-state index in [2.05, 4.69) is 0 Å². The van der Waals surface area contributed by atoms with Gasteiger partial charge in [-0.25, -0.2) is 0 Å². The Labute approximate surface area is 101 Å². The van der Waals surface area contributed by atoms with E-state index in [1.54, 1.807) is 11.3 Å². The van der Waals surface area contributed by atoms with Gasteiger partial charge in [-0.2, -0.15) is 0 Å². The molecule has 0 saturated heterocycles. The van der Waals surface area contributed by atoms with Crippen LogP contribution in [0.25, 0.3) is 10.1 Å². The molecule has 0 radical (unpaired) electrons. The van der Waals surface area contributed by atoms with Gasteiger partial charge < -0.3 is 5.11 Å². The lowest BCUT2D eigenvalue weighted by atomic mass is 10.1. The number of hydrogen-bond donors (Lipinski definition) is 1. The van der Waals surface area contributed by atoms with Crippen LogP contribution >= 0.6 is 22.9 Å². The molecule has 0 amide bonds. The van der Waals surface area contributed by atoms with Gasteiger partial charge in [-0.3, -0.25) is 4.79 Å². The van der Waals surface area contributed by atoms with Crippen LogP contribution in [0.5, 0.6) is 0 Å². The van der Waals surface area contributed by atoms with Crippen LogP contribution in [0.1, 0.15) is 17.7 Å². The monoisotopic (exact) mass is 252 g/mol. The highest BCUT2D eigenvalue weighted by molar-refractivity contribution is 7.19. The maximum Gasteiger partial charge on any atom is 0.314 e. The number of benzene rings is 1. The lowest BCUT2D eigenvalue weighted by molar-refractivity contribution is -0.139. The predicted octanol–water partition coefficient (Wildman–Crippen LogP) is 3.67. The van der Waals surface area contributed by atoms with E-state index >= 15 is 0 Å². The standard InChI is InChI=1S/C12H9ClO2S/c13-8-1-2-9-7(5-8)6-10(16-9)12(3-4-12)11(14)15/h1-2,5-6H,3-4H2,(H,14,15). The zero-order chi connectivity index (χ0) is 11.3. The SMILES string of the molecule is O=C(O)C1(c2cc3cc(Cl)ccc3s2)CC1. The average Bonchev–Trinajstić information content (AvgIpc) is 2.94. The molecule has 16 heavy (non-hydrogen) atoms. The fourth-order valence-electron chi connectivity index (χ4n) is 1.94. The van der Waals surface area contributed by atoms with Crippen molar-refractivity contribution in [1.29, 1.82) is 0 Å². The molecule has 1 aromatic carbocycles. The summed E-state index contributed by atoms with van der Waals surface area (Å²) in [6.45, 7) is 0. The molecule has 0 aliphatic heterocycles. The fourth-order valence-corrected chi connectivity index (χ4v) is 3.40. The van der Waals surface area contributed by atoms with E-state index in [0.29, 0.717) is 5.02 Å². The molecule has 1 N–H and O–H groups in total. The fraction of sp³-hybridized carbons (Fsp3) is 0.250. The van der Waals surface area contributed by atoms with Crippen LogP contribution in [0, 0.1) is 0 Å². The third-order valence-corrected chi connectivity index (χ3v) is 4.66. The molecule has 2 aromatic rings. The van der Waals surface area contributed by atoms with Gasteiger partial charge in [0, 0.05) is 14.6 Å². The molecule has 1 aromatic heterocycles. The average molecular weight is 253 g/mol. The highest BCUT2D eigenvalue weighted by Crippen LogP contribution is 2.51. The van der Waals surface area contributed by atoms with Gasteiger partial charge in [-0.15, -0.1) is 11.3 Å². The Balaban J connectivity index is 2.16. The van der Waals surface area contributed by atoms with Gasteiger partial charge in [0.1, 0.15) is 5.41 Å². The largest absolute Gasteiger partial charge is 0.481 e. The Morgan fingerprint density at radius 2 is 2.12 bits per heavy atom. The zero-order valence-corrected chi connectivity index (χ0v) is 9.94. The summed E-state index contributed by atoms with van der Waals surface area (Å²) in [5.74, 6) is -0.704. The summed E-state index contributed by atoms with van der Waals surface area (Å²) in [7, 11) is 0. The smallest absolute Gasteiger partial charge is 0.314 e. The van der Waals surface area contributed by atoms with Crippen molar-refractivity contribution in [3.05, 3.63) is 34.2 Å². The van der Waals surface area contributed by atoms with Crippen LogP contribution in [0.3, 0.4) is 0 Å². The number of rotatable bonds is 2. The molecule has 82 valence electrons. The van der Waals surface area contributed by atoms with E-state index in [-0.39, 0.29) is 0 Å². The first-order chi connectivity index (χ1) is 7.62. The minimum Gasteiger partial charge on any atom is -0.481 e. The first-order valence-electron chi connectivity index (χ1n) is 5.05. The first-order valence-corrected chi connectivity index (χ1v) is 6.24. The number of halogens is 1. The molecule has 0 unspecified atom stereocenters. The summed E-state index contributed by atoms with van der Waals surface area (Å²) in [5, 5.41) is 11.0. The third-order valence-electron chi connectivity index (χ3n) is 3.11.